The number of aromatic nitrogens is 1. The highest BCUT2D eigenvalue weighted by Crippen LogP contribution is 2.29. The van der Waals surface area contributed by atoms with Gasteiger partial charge in [-0.3, -0.25) is 15.1 Å². The maximum Gasteiger partial charge on any atom is 0.270 e. The van der Waals surface area contributed by atoms with Crippen LogP contribution in [-0.4, -0.2) is 21.2 Å². The lowest BCUT2D eigenvalue weighted by atomic mass is 10.2. The van der Waals surface area contributed by atoms with Crippen molar-refractivity contribution in [3.8, 4) is 17.2 Å². The number of nitro benzene ring substituents is 1. The van der Waals surface area contributed by atoms with Crippen LogP contribution in [0.2, 0.25) is 0 Å². The highest BCUT2D eigenvalue weighted by molar-refractivity contribution is 5.87. The molecule has 0 saturated heterocycles. The van der Waals surface area contributed by atoms with Crippen LogP contribution < -0.4 is 0 Å². The van der Waals surface area contributed by atoms with Gasteiger partial charge in [0, 0.05) is 23.9 Å². The Bertz CT molecular complexity index is 1230. The van der Waals surface area contributed by atoms with E-state index in [0.29, 0.717) is 16.8 Å². The molecule has 8 heteroatoms. The molecule has 4 aromatic rings. The predicted octanol–water partition coefficient (Wildman–Crippen LogP) is 5.00. The van der Waals surface area contributed by atoms with Gasteiger partial charge in [0.05, 0.1) is 16.2 Å². The monoisotopic (exact) mass is 377 g/mol. The third-order valence-electron chi connectivity index (χ3n) is 4.05. The zero-order chi connectivity index (χ0) is 19.7. The lowest BCUT2D eigenvalue weighted by molar-refractivity contribution is -0.384. The van der Waals surface area contributed by atoms with E-state index in [1.54, 1.807) is 36.4 Å². The lowest BCUT2D eigenvalue weighted by Gasteiger charge is -1.99. The molecule has 0 unspecified atom stereocenters. The molecule has 0 aliphatic carbocycles. The lowest BCUT2D eigenvalue weighted by Crippen LogP contribution is -1.90. The zero-order valence-corrected chi connectivity index (χ0v) is 14.2. The van der Waals surface area contributed by atoms with Gasteiger partial charge in [-0.2, -0.15) is 0 Å². The summed E-state index contributed by atoms with van der Waals surface area (Å²) in [6.45, 7) is 0. The molecule has 0 bridgehead atoms. The van der Waals surface area contributed by atoms with Gasteiger partial charge in [0.15, 0.2) is 5.58 Å². The first-order chi connectivity index (χ1) is 13.5. The van der Waals surface area contributed by atoms with Crippen molar-refractivity contribution in [1.82, 2.24) is 4.98 Å². The molecule has 0 saturated carbocycles. The second-order valence-corrected chi connectivity index (χ2v) is 5.91. The molecule has 3 aromatic carbocycles. The predicted molar refractivity (Wildman–Crippen MR) is 101 cm³/mol. The van der Waals surface area contributed by atoms with Crippen molar-refractivity contribution in [3.05, 3.63) is 82.2 Å². The molecular weight excluding hydrogens is 365 g/mol. The van der Waals surface area contributed by atoms with Crippen LogP contribution in [0.1, 0.15) is 5.56 Å². The Morgan fingerprint density at radius 1 is 1.14 bits per heavy atom. The molecule has 0 fully saturated rings. The Hall–Kier alpha value is -4.07. The van der Waals surface area contributed by atoms with Crippen LogP contribution >= 0.6 is 0 Å². The van der Waals surface area contributed by atoms with Crippen molar-refractivity contribution < 1.29 is 18.8 Å². The van der Waals surface area contributed by atoms with Crippen molar-refractivity contribution in [2.24, 2.45) is 4.99 Å². The average molecular weight is 377 g/mol. The fourth-order valence-corrected chi connectivity index (χ4v) is 2.65. The number of nitro groups is 1. The first-order valence-electron chi connectivity index (χ1n) is 8.18. The number of phenolic OH excluding ortho intramolecular Hbond substituents is 1. The SMILES string of the molecule is O=[N+]([O-])c1ccc(O)c(C=Nc2ccc3oc(-c4ccccc4F)nc3c2)c1. The van der Waals surface area contributed by atoms with E-state index in [4.69, 9.17) is 4.42 Å². The molecule has 0 atom stereocenters. The second kappa shape index (κ2) is 6.92. The van der Waals surface area contributed by atoms with Crippen molar-refractivity contribution in [2.45, 2.75) is 0 Å². The molecule has 1 N–H and O–H groups in total. The first-order valence-corrected chi connectivity index (χ1v) is 8.18. The molecular formula is C20H12FN3O4. The third-order valence-corrected chi connectivity index (χ3v) is 4.05. The fraction of sp³-hybridized carbons (Fsp3) is 0. The van der Waals surface area contributed by atoms with E-state index in [2.05, 4.69) is 9.98 Å². The first kappa shape index (κ1) is 17.3. The molecule has 1 heterocycles. The van der Waals surface area contributed by atoms with E-state index < -0.39 is 10.7 Å². The van der Waals surface area contributed by atoms with Crippen LogP contribution in [0.4, 0.5) is 15.8 Å². The average Bonchev–Trinajstić information content (AvgIpc) is 3.10. The van der Waals surface area contributed by atoms with Crippen molar-refractivity contribution >= 4 is 28.7 Å². The maximum absolute atomic E-state index is 13.9. The minimum Gasteiger partial charge on any atom is -0.507 e. The Morgan fingerprint density at radius 3 is 2.75 bits per heavy atom. The van der Waals surface area contributed by atoms with Gasteiger partial charge in [-0.1, -0.05) is 12.1 Å². The molecule has 0 aliphatic rings. The topological polar surface area (TPSA) is 102 Å². The van der Waals surface area contributed by atoms with Gasteiger partial charge in [0.25, 0.3) is 5.69 Å². The summed E-state index contributed by atoms with van der Waals surface area (Å²) >= 11 is 0. The number of non-ortho nitro benzene ring substituents is 1. The summed E-state index contributed by atoms with van der Waals surface area (Å²) in [6, 6.07) is 14.8. The number of hydrogen-bond acceptors (Lipinski definition) is 6. The van der Waals surface area contributed by atoms with E-state index in [1.165, 1.54) is 30.5 Å². The van der Waals surface area contributed by atoms with Crippen LogP contribution in [0.25, 0.3) is 22.6 Å². The summed E-state index contributed by atoms with van der Waals surface area (Å²) in [5.74, 6) is -0.405. The summed E-state index contributed by atoms with van der Waals surface area (Å²) in [5.41, 5.74) is 1.76. The summed E-state index contributed by atoms with van der Waals surface area (Å²) in [7, 11) is 0. The number of halogens is 1. The van der Waals surface area contributed by atoms with Crippen LogP contribution in [-0.2, 0) is 0 Å². The van der Waals surface area contributed by atoms with E-state index >= 15 is 0 Å². The molecule has 0 amide bonds. The number of oxazole rings is 1. The highest BCUT2D eigenvalue weighted by Gasteiger charge is 2.12. The normalized spacial score (nSPS) is 11.3. The molecule has 0 spiro atoms. The molecule has 28 heavy (non-hydrogen) atoms. The number of fused-ring (bicyclic) bond motifs is 1. The molecule has 4 rings (SSSR count). The summed E-state index contributed by atoms with van der Waals surface area (Å²) < 4.78 is 19.5. The smallest absolute Gasteiger partial charge is 0.270 e. The largest absolute Gasteiger partial charge is 0.507 e. The van der Waals surface area contributed by atoms with E-state index in [9.17, 15) is 19.6 Å². The van der Waals surface area contributed by atoms with Crippen molar-refractivity contribution in [2.75, 3.05) is 0 Å². The Labute approximate surface area is 157 Å². The number of aromatic hydroxyl groups is 1. The van der Waals surface area contributed by atoms with Crippen LogP contribution in [0.15, 0.2) is 70.1 Å². The van der Waals surface area contributed by atoms with Crippen LogP contribution in [0, 0.1) is 15.9 Å². The minimum absolute atomic E-state index is 0.126. The summed E-state index contributed by atoms with van der Waals surface area (Å²) in [4.78, 5) is 18.8. The maximum atomic E-state index is 13.9. The molecule has 1 aromatic heterocycles. The van der Waals surface area contributed by atoms with Crippen molar-refractivity contribution in [3.63, 3.8) is 0 Å². The van der Waals surface area contributed by atoms with Gasteiger partial charge in [0.2, 0.25) is 5.89 Å². The number of nitrogens with zero attached hydrogens (tertiary/aromatic N) is 3. The van der Waals surface area contributed by atoms with Crippen LogP contribution in [0.5, 0.6) is 5.75 Å². The van der Waals surface area contributed by atoms with Gasteiger partial charge in [-0.05, 0) is 36.4 Å². The standard InChI is InChI=1S/C20H12FN3O4/c21-16-4-2-1-3-15(16)20-23-17-10-13(5-8-19(17)28-20)22-11-12-9-14(24(26)27)6-7-18(12)25/h1-11,25H. The number of phenols is 1. The zero-order valence-electron chi connectivity index (χ0n) is 14.2. The van der Waals surface area contributed by atoms with Gasteiger partial charge >= 0.3 is 0 Å². The van der Waals surface area contributed by atoms with Crippen molar-refractivity contribution in [1.29, 1.82) is 0 Å². The Morgan fingerprint density at radius 2 is 1.96 bits per heavy atom. The third kappa shape index (κ3) is 3.30. The second-order valence-electron chi connectivity index (χ2n) is 5.91. The van der Waals surface area contributed by atoms with Gasteiger partial charge in [-0.25, -0.2) is 9.37 Å². The quantitative estimate of drug-likeness (QED) is 0.306. The number of benzene rings is 3. The number of aliphatic imine (C=N–C) groups is 1. The minimum atomic E-state index is -0.553. The summed E-state index contributed by atoms with van der Waals surface area (Å²) in [5, 5.41) is 20.7. The molecule has 0 radical (unpaired) electrons. The number of hydrogen-bond donors (Lipinski definition) is 1. The van der Waals surface area contributed by atoms with E-state index in [-0.39, 0.29) is 28.5 Å². The Balaban J connectivity index is 1.67. The van der Waals surface area contributed by atoms with Crippen LogP contribution in [0.3, 0.4) is 0 Å². The van der Waals surface area contributed by atoms with Gasteiger partial charge in [-0.15, -0.1) is 0 Å². The molecule has 138 valence electrons. The molecule has 7 nitrogen and oxygen atoms in total. The Kier molecular flexibility index (Phi) is 4.29. The van der Waals surface area contributed by atoms with E-state index in [0.717, 1.165) is 0 Å². The number of rotatable bonds is 4. The highest BCUT2D eigenvalue weighted by atomic mass is 19.1. The van der Waals surface area contributed by atoms with E-state index in [1.807, 2.05) is 0 Å². The van der Waals surface area contributed by atoms with Gasteiger partial charge in [0.1, 0.15) is 17.1 Å². The fourth-order valence-electron chi connectivity index (χ4n) is 2.65. The summed E-state index contributed by atoms with van der Waals surface area (Å²) in [6.07, 6.45) is 1.32. The van der Waals surface area contributed by atoms with Gasteiger partial charge < -0.3 is 9.52 Å². The molecule has 0 aliphatic heterocycles.